The highest BCUT2D eigenvalue weighted by molar-refractivity contribution is 5.21. The van der Waals surface area contributed by atoms with Crippen LogP contribution in [0.3, 0.4) is 0 Å². The van der Waals surface area contributed by atoms with Crippen LogP contribution in [-0.2, 0) is 0 Å². The maximum atomic E-state index is 13.2. The maximum Gasteiger partial charge on any atom is 0.159 e. The molecular formula is C15H22F2N2. The van der Waals surface area contributed by atoms with Gasteiger partial charge in [-0.15, -0.1) is 0 Å². The molecule has 0 aliphatic carbocycles. The molecule has 106 valence electrons. The van der Waals surface area contributed by atoms with Gasteiger partial charge in [0, 0.05) is 12.6 Å². The highest BCUT2D eigenvalue weighted by Gasteiger charge is 2.20. The van der Waals surface area contributed by atoms with E-state index in [0.717, 1.165) is 25.1 Å². The summed E-state index contributed by atoms with van der Waals surface area (Å²) in [7, 11) is 0. The maximum absolute atomic E-state index is 13.2. The van der Waals surface area contributed by atoms with Crippen LogP contribution in [0.2, 0.25) is 0 Å². The molecule has 0 bridgehead atoms. The zero-order valence-electron chi connectivity index (χ0n) is 11.4. The first-order valence-corrected chi connectivity index (χ1v) is 7.03. The fraction of sp³-hybridized carbons (Fsp3) is 0.600. The Hall–Kier alpha value is -1.00. The summed E-state index contributed by atoms with van der Waals surface area (Å²) in [4.78, 5) is 2.32. The molecule has 1 aromatic rings. The minimum atomic E-state index is -0.822. The van der Waals surface area contributed by atoms with Crippen molar-refractivity contribution in [3.8, 4) is 0 Å². The quantitative estimate of drug-likeness (QED) is 0.909. The number of halogens is 2. The molecule has 1 aliphatic heterocycles. The lowest BCUT2D eigenvalue weighted by atomic mass is 9.94. The third-order valence-corrected chi connectivity index (χ3v) is 4.11. The molecule has 2 N–H and O–H groups in total. The average Bonchev–Trinajstić information content (AvgIpc) is 2.42. The fourth-order valence-corrected chi connectivity index (χ4v) is 2.70. The lowest BCUT2D eigenvalue weighted by molar-refractivity contribution is 0.173. The van der Waals surface area contributed by atoms with Gasteiger partial charge in [-0.25, -0.2) is 8.78 Å². The van der Waals surface area contributed by atoms with Gasteiger partial charge in [0.05, 0.1) is 0 Å². The van der Waals surface area contributed by atoms with Crippen LogP contribution >= 0.6 is 0 Å². The molecule has 0 spiro atoms. The first-order valence-electron chi connectivity index (χ1n) is 7.03. The number of nitrogens with zero attached hydrogens (tertiary/aromatic N) is 1. The van der Waals surface area contributed by atoms with Crippen LogP contribution in [0.4, 0.5) is 8.78 Å². The molecule has 0 saturated carbocycles. The van der Waals surface area contributed by atoms with E-state index in [0.29, 0.717) is 12.1 Å². The molecule has 0 amide bonds. The predicted octanol–water partition coefficient (Wildman–Crippen LogP) is 3.09. The van der Waals surface area contributed by atoms with E-state index in [2.05, 4.69) is 11.8 Å². The van der Waals surface area contributed by atoms with Gasteiger partial charge < -0.3 is 10.6 Å². The molecule has 1 fully saturated rings. The van der Waals surface area contributed by atoms with Gasteiger partial charge in [0.1, 0.15) is 0 Å². The molecule has 0 radical (unpaired) electrons. The van der Waals surface area contributed by atoms with Crippen molar-refractivity contribution in [2.45, 2.75) is 32.2 Å². The average molecular weight is 268 g/mol. The van der Waals surface area contributed by atoms with Crippen molar-refractivity contribution in [3.05, 3.63) is 35.4 Å². The van der Waals surface area contributed by atoms with Gasteiger partial charge in [-0.05, 0) is 49.5 Å². The lowest BCUT2D eigenvalue weighted by Crippen LogP contribution is -2.38. The zero-order chi connectivity index (χ0) is 13.8. The van der Waals surface area contributed by atoms with Crippen molar-refractivity contribution >= 4 is 0 Å². The van der Waals surface area contributed by atoms with Crippen molar-refractivity contribution in [1.82, 2.24) is 4.90 Å². The van der Waals surface area contributed by atoms with Crippen LogP contribution in [0.5, 0.6) is 0 Å². The van der Waals surface area contributed by atoms with Crippen LogP contribution < -0.4 is 5.73 Å². The van der Waals surface area contributed by atoms with E-state index >= 15 is 0 Å². The first-order chi connectivity index (χ1) is 9.10. The number of benzene rings is 1. The van der Waals surface area contributed by atoms with Crippen molar-refractivity contribution in [1.29, 1.82) is 0 Å². The molecule has 1 saturated heterocycles. The Morgan fingerprint density at radius 2 is 1.95 bits per heavy atom. The Morgan fingerprint density at radius 1 is 1.26 bits per heavy atom. The zero-order valence-corrected chi connectivity index (χ0v) is 11.4. The van der Waals surface area contributed by atoms with Crippen LogP contribution in [0, 0.1) is 17.6 Å². The third-order valence-electron chi connectivity index (χ3n) is 4.11. The van der Waals surface area contributed by atoms with E-state index in [1.165, 1.54) is 25.3 Å². The van der Waals surface area contributed by atoms with E-state index < -0.39 is 11.6 Å². The molecular weight excluding hydrogens is 246 g/mol. The molecule has 1 atom stereocenters. The molecule has 2 nitrogen and oxygen atoms in total. The van der Waals surface area contributed by atoms with E-state index in [4.69, 9.17) is 5.73 Å². The highest BCUT2D eigenvalue weighted by Crippen LogP contribution is 2.22. The third kappa shape index (κ3) is 3.74. The molecule has 1 aromatic carbocycles. The topological polar surface area (TPSA) is 29.3 Å². The van der Waals surface area contributed by atoms with Crippen LogP contribution in [0.15, 0.2) is 18.2 Å². The van der Waals surface area contributed by atoms with Crippen molar-refractivity contribution in [3.63, 3.8) is 0 Å². The monoisotopic (exact) mass is 268 g/mol. The fourth-order valence-electron chi connectivity index (χ4n) is 2.70. The smallest absolute Gasteiger partial charge is 0.159 e. The number of hydrogen-bond acceptors (Lipinski definition) is 2. The molecule has 1 unspecified atom stereocenters. The van der Waals surface area contributed by atoms with E-state index in [1.54, 1.807) is 6.07 Å². The first kappa shape index (κ1) is 14.4. The number of likely N-dealkylation sites (tertiary alicyclic amines) is 1. The van der Waals surface area contributed by atoms with Gasteiger partial charge in [-0.2, -0.15) is 0 Å². The summed E-state index contributed by atoms with van der Waals surface area (Å²) in [6.07, 6.45) is 3.66. The summed E-state index contributed by atoms with van der Waals surface area (Å²) in [6, 6.07) is 3.67. The second kappa shape index (κ2) is 6.44. The Labute approximate surface area is 113 Å². The summed E-state index contributed by atoms with van der Waals surface area (Å²) >= 11 is 0. The number of rotatable bonds is 4. The molecule has 2 rings (SSSR count). The Bertz CT molecular complexity index is 415. The second-order valence-electron chi connectivity index (χ2n) is 5.43. The number of hydrogen-bond donors (Lipinski definition) is 1. The standard InChI is InChI=1S/C15H22F2N2/c1-2-11-5-7-19(8-6-11)10-15(18)12-3-4-13(16)14(17)9-12/h3-4,9,11,15H,2,5-8,10,18H2,1H3. The summed E-state index contributed by atoms with van der Waals surface area (Å²) < 4.78 is 26.0. The van der Waals surface area contributed by atoms with E-state index in [9.17, 15) is 8.78 Å². The highest BCUT2D eigenvalue weighted by atomic mass is 19.2. The predicted molar refractivity (Wildman–Crippen MR) is 72.7 cm³/mol. The number of piperidine rings is 1. The molecule has 0 aromatic heterocycles. The SMILES string of the molecule is CCC1CCN(CC(N)c2ccc(F)c(F)c2)CC1. The van der Waals surface area contributed by atoms with Gasteiger partial charge >= 0.3 is 0 Å². The summed E-state index contributed by atoms with van der Waals surface area (Å²) in [6.45, 7) is 5.04. The normalized spacial score (nSPS) is 19.6. The summed E-state index contributed by atoms with van der Waals surface area (Å²) in [5, 5.41) is 0. The van der Waals surface area contributed by atoms with Gasteiger partial charge in [0.15, 0.2) is 11.6 Å². The molecule has 19 heavy (non-hydrogen) atoms. The summed E-state index contributed by atoms with van der Waals surface area (Å²) in [5.41, 5.74) is 6.74. The van der Waals surface area contributed by atoms with Crippen molar-refractivity contribution in [2.75, 3.05) is 19.6 Å². The van der Waals surface area contributed by atoms with Crippen molar-refractivity contribution in [2.24, 2.45) is 11.7 Å². The lowest BCUT2D eigenvalue weighted by Gasteiger charge is -2.33. The van der Waals surface area contributed by atoms with Gasteiger partial charge in [-0.1, -0.05) is 19.4 Å². The minimum Gasteiger partial charge on any atom is -0.323 e. The molecule has 1 heterocycles. The largest absolute Gasteiger partial charge is 0.323 e. The Morgan fingerprint density at radius 3 is 2.53 bits per heavy atom. The second-order valence-corrected chi connectivity index (χ2v) is 5.43. The van der Waals surface area contributed by atoms with Crippen LogP contribution in [-0.4, -0.2) is 24.5 Å². The van der Waals surface area contributed by atoms with Gasteiger partial charge in [-0.3, -0.25) is 0 Å². The van der Waals surface area contributed by atoms with Crippen LogP contribution in [0.1, 0.15) is 37.8 Å². The van der Waals surface area contributed by atoms with Crippen molar-refractivity contribution < 1.29 is 8.78 Å². The van der Waals surface area contributed by atoms with Gasteiger partial charge in [0.25, 0.3) is 0 Å². The summed E-state index contributed by atoms with van der Waals surface area (Å²) in [5.74, 6) is -0.812. The van der Waals surface area contributed by atoms with E-state index in [-0.39, 0.29) is 6.04 Å². The Kier molecular flexibility index (Phi) is 4.88. The van der Waals surface area contributed by atoms with Gasteiger partial charge in [0.2, 0.25) is 0 Å². The molecule has 1 aliphatic rings. The van der Waals surface area contributed by atoms with E-state index in [1.807, 2.05) is 0 Å². The van der Waals surface area contributed by atoms with Crippen LogP contribution in [0.25, 0.3) is 0 Å². The molecule has 4 heteroatoms. The number of nitrogens with two attached hydrogens (primary N) is 1. The Balaban J connectivity index is 1.90. The minimum absolute atomic E-state index is 0.256.